The molecule has 0 aliphatic carbocycles. The predicted octanol–water partition coefficient (Wildman–Crippen LogP) is 1.63. The highest BCUT2D eigenvalue weighted by Crippen LogP contribution is 2.11. The molecule has 19 heavy (non-hydrogen) atoms. The summed E-state index contributed by atoms with van der Waals surface area (Å²) in [5, 5.41) is 0. The van der Waals surface area contributed by atoms with Crippen LogP contribution in [0.3, 0.4) is 0 Å². The van der Waals surface area contributed by atoms with Crippen molar-refractivity contribution in [1.29, 1.82) is 0 Å². The van der Waals surface area contributed by atoms with Crippen molar-refractivity contribution in [1.82, 2.24) is 4.57 Å². The number of nitrogens with zero attached hydrogens (tertiary/aromatic N) is 1. The zero-order chi connectivity index (χ0) is 13.8. The minimum atomic E-state index is -0.409. The van der Waals surface area contributed by atoms with Gasteiger partial charge in [-0.3, -0.25) is 9.36 Å². The van der Waals surface area contributed by atoms with Crippen LogP contribution in [0.1, 0.15) is 10.4 Å². The Hall–Kier alpha value is -2.56. The molecule has 1 heterocycles. The Morgan fingerprint density at radius 2 is 1.79 bits per heavy atom. The number of hydrogen-bond donors (Lipinski definition) is 0. The fourth-order valence-corrected chi connectivity index (χ4v) is 1.68. The second-order valence-corrected chi connectivity index (χ2v) is 3.81. The molecule has 0 unspecified atom stereocenters. The highest BCUT2D eigenvalue weighted by molar-refractivity contribution is 5.89. The van der Waals surface area contributed by atoms with Crippen molar-refractivity contribution in [3.05, 3.63) is 58.5 Å². The van der Waals surface area contributed by atoms with Crippen LogP contribution in [0.2, 0.25) is 0 Å². The van der Waals surface area contributed by atoms with Gasteiger partial charge in [0.1, 0.15) is 5.75 Å². The average molecular weight is 259 g/mol. The maximum atomic E-state index is 11.9. The van der Waals surface area contributed by atoms with Crippen LogP contribution in [0.15, 0.2) is 47.4 Å². The predicted molar refractivity (Wildman–Crippen MR) is 69.9 cm³/mol. The molecule has 0 radical (unpaired) electrons. The van der Waals surface area contributed by atoms with Gasteiger partial charge in [-0.2, -0.15) is 0 Å². The van der Waals surface area contributed by atoms with Crippen LogP contribution in [-0.4, -0.2) is 24.8 Å². The Balaban J connectivity index is 2.37. The molecular formula is C14H13NO4. The second kappa shape index (κ2) is 5.39. The number of hydrogen-bond acceptors (Lipinski definition) is 4. The summed E-state index contributed by atoms with van der Waals surface area (Å²) in [6.45, 7) is 0. The van der Waals surface area contributed by atoms with E-state index in [9.17, 15) is 9.59 Å². The van der Waals surface area contributed by atoms with E-state index in [1.54, 1.807) is 36.5 Å². The van der Waals surface area contributed by atoms with Crippen LogP contribution >= 0.6 is 0 Å². The number of aromatic nitrogens is 1. The minimum absolute atomic E-state index is 0.204. The summed E-state index contributed by atoms with van der Waals surface area (Å²) in [7, 11) is 2.83. The molecule has 0 saturated carbocycles. The van der Waals surface area contributed by atoms with Crippen LogP contribution < -0.4 is 10.3 Å². The van der Waals surface area contributed by atoms with Crippen molar-refractivity contribution in [3.63, 3.8) is 0 Å². The fourth-order valence-electron chi connectivity index (χ4n) is 1.68. The molecule has 5 nitrogen and oxygen atoms in total. The smallest absolute Gasteiger partial charge is 0.337 e. The van der Waals surface area contributed by atoms with Gasteiger partial charge in [-0.25, -0.2) is 4.79 Å². The lowest BCUT2D eigenvalue weighted by atomic mass is 10.2. The lowest BCUT2D eigenvalue weighted by Gasteiger charge is -2.07. The molecule has 2 aromatic rings. The quantitative estimate of drug-likeness (QED) is 0.786. The summed E-state index contributed by atoms with van der Waals surface area (Å²) < 4.78 is 11.1. The summed E-state index contributed by atoms with van der Waals surface area (Å²) in [4.78, 5) is 23.2. The highest BCUT2D eigenvalue weighted by atomic mass is 16.5. The summed E-state index contributed by atoms with van der Waals surface area (Å²) in [5.74, 6) is 0.0982. The topological polar surface area (TPSA) is 57.5 Å². The number of carbonyl (C=O) groups excluding carboxylic acids is 1. The van der Waals surface area contributed by atoms with Gasteiger partial charge in [-0.1, -0.05) is 0 Å². The maximum absolute atomic E-state index is 11.9. The molecular weight excluding hydrogens is 246 g/mol. The van der Waals surface area contributed by atoms with Crippen LogP contribution in [-0.2, 0) is 4.74 Å². The summed E-state index contributed by atoms with van der Waals surface area (Å²) in [6, 6.07) is 9.67. The van der Waals surface area contributed by atoms with E-state index in [1.807, 2.05) is 0 Å². The third-order valence-corrected chi connectivity index (χ3v) is 2.69. The number of carbonyl (C=O) groups is 1. The van der Waals surface area contributed by atoms with Crippen LogP contribution in [0.4, 0.5) is 0 Å². The Bertz CT molecular complexity index is 643. The van der Waals surface area contributed by atoms with Crippen molar-refractivity contribution in [2.24, 2.45) is 0 Å². The Morgan fingerprint density at radius 1 is 1.11 bits per heavy atom. The van der Waals surface area contributed by atoms with Gasteiger partial charge in [-0.05, 0) is 30.3 Å². The van der Waals surface area contributed by atoms with Crippen molar-refractivity contribution in [2.45, 2.75) is 0 Å². The van der Waals surface area contributed by atoms with E-state index in [-0.39, 0.29) is 5.56 Å². The largest absolute Gasteiger partial charge is 0.497 e. The van der Waals surface area contributed by atoms with E-state index in [4.69, 9.17) is 4.74 Å². The number of methoxy groups -OCH3 is 2. The molecule has 0 amide bonds. The molecule has 0 fully saturated rings. The van der Waals surface area contributed by atoms with Gasteiger partial charge in [0, 0.05) is 18.0 Å². The zero-order valence-electron chi connectivity index (χ0n) is 10.6. The van der Waals surface area contributed by atoms with Crippen molar-refractivity contribution in [2.75, 3.05) is 14.2 Å². The molecule has 0 N–H and O–H groups in total. The molecule has 2 rings (SSSR count). The molecule has 0 atom stereocenters. The standard InChI is InChI=1S/C14H13NO4/c1-18-12-7-8-15(13(16)9-12)11-5-3-10(4-6-11)14(17)19-2/h3-9H,1-2H3. The summed E-state index contributed by atoms with van der Waals surface area (Å²) >= 11 is 0. The third kappa shape index (κ3) is 2.65. The first-order chi connectivity index (χ1) is 9.15. The van der Waals surface area contributed by atoms with Gasteiger partial charge in [0.2, 0.25) is 0 Å². The second-order valence-electron chi connectivity index (χ2n) is 3.81. The zero-order valence-corrected chi connectivity index (χ0v) is 10.6. The Morgan fingerprint density at radius 3 is 2.32 bits per heavy atom. The van der Waals surface area contributed by atoms with E-state index in [1.165, 1.54) is 24.9 Å². The monoisotopic (exact) mass is 259 g/mol. The van der Waals surface area contributed by atoms with Gasteiger partial charge in [0.25, 0.3) is 5.56 Å². The van der Waals surface area contributed by atoms with Gasteiger partial charge < -0.3 is 9.47 Å². The lowest BCUT2D eigenvalue weighted by molar-refractivity contribution is 0.0601. The van der Waals surface area contributed by atoms with Crippen LogP contribution in [0.5, 0.6) is 5.75 Å². The van der Waals surface area contributed by atoms with Gasteiger partial charge in [-0.15, -0.1) is 0 Å². The summed E-state index contributed by atoms with van der Waals surface area (Å²) in [5.41, 5.74) is 0.901. The third-order valence-electron chi connectivity index (χ3n) is 2.69. The van der Waals surface area contributed by atoms with Crippen molar-refractivity contribution in [3.8, 4) is 11.4 Å². The molecule has 0 spiro atoms. The first-order valence-corrected chi connectivity index (χ1v) is 5.61. The molecule has 0 aliphatic rings. The molecule has 98 valence electrons. The van der Waals surface area contributed by atoms with Crippen molar-refractivity contribution < 1.29 is 14.3 Å². The number of ether oxygens (including phenoxy) is 2. The first kappa shape index (κ1) is 12.9. The minimum Gasteiger partial charge on any atom is -0.497 e. The molecule has 5 heteroatoms. The van der Waals surface area contributed by atoms with Gasteiger partial charge >= 0.3 is 5.97 Å². The van der Waals surface area contributed by atoms with E-state index < -0.39 is 5.97 Å². The van der Waals surface area contributed by atoms with E-state index in [0.29, 0.717) is 17.0 Å². The lowest BCUT2D eigenvalue weighted by Crippen LogP contribution is -2.16. The van der Waals surface area contributed by atoms with E-state index in [0.717, 1.165) is 0 Å². The van der Waals surface area contributed by atoms with E-state index in [2.05, 4.69) is 4.74 Å². The summed E-state index contributed by atoms with van der Waals surface area (Å²) in [6.07, 6.45) is 1.62. The van der Waals surface area contributed by atoms with Crippen LogP contribution in [0, 0.1) is 0 Å². The number of benzene rings is 1. The highest BCUT2D eigenvalue weighted by Gasteiger charge is 2.06. The normalized spacial score (nSPS) is 10.0. The molecule has 1 aromatic carbocycles. The average Bonchev–Trinajstić information content (AvgIpc) is 2.46. The van der Waals surface area contributed by atoms with Crippen molar-refractivity contribution >= 4 is 5.97 Å². The van der Waals surface area contributed by atoms with E-state index >= 15 is 0 Å². The molecule has 1 aromatic heterocycles. The van der Waals surface area contributed by atoms with Gasteiger partial charge in [0.05, 0.1) is 19.8 Å². The van der Waals surface area contributed by atoms with Gasteiger partial charge in [0.15, 0.2) is 0 Å². The number of esters is 1. The Labute approximate surface area is 110 Å². The Kier molecular flexibility index (Phi) is 3.66. The molecule has 0 saturated heterocycles. The maximum Gasteiger partial charge on any atom is 0.337 e. The first-order valence-electron chi connectivity index (χ1n) is 5.61. The number of rotatable bonds is 3. The fraction of sp³-hybridized carbons (Fsp3) is 0.143. The molecule has 0 bridgehead atoms. The molecule has 0 aliphatic heterocycles. The number of pyridine rings is 1. The SMILES string of the molecule is COC(=O)c1ccc(-n2ccc(OC)cc2=O)cc1. The van der Waals surface area contributed by atoms with Crippen LogP contribution in [0.25, 0.3) is 5.69 Å².